The molecular formula is C36H30N4. The molecular weight excluding hydrogens is 488 g/mol. The third-order valence-corrected chi connectivity index (χ3v) is 8.36. The van der Waals surface area contributed by atoms with Crippen molar-refractivity contribution in [2.24, 2.45) is 0 Å². The Balaban J connectivity index is 1.48. The van der Waals surface area contributed by atoms with Crippen LogP contribution in [-0.4, -0.2) is 18.5 Å². The van der Waals surface area contributed by atoms with E-state index in [-0.39, 0.29) is 0 Å². The van der Waals surface area contributed by atoms with E-state index in [1.54, 1.807) is 0 Å². The van der Waals surface area contributed by atoms with Gasteiger partial charge in [-0.3, -0.25) is 8.97 Å². The highest BCUT2D eigenvalue weighted by atomic mass is 15.2. The van der Waals surface area contributed by atoms with Crippen molar-refractivity contribution in [2.45, 2.75) is 34.6 Å². The maximum atomic E-state index is 5.15. The fourth-order valence-electron chi connectivity index (χ4n) is 6.50. The third kappa shape index (κ3) is 3.16. The molecule has 3 aromatic heterocycles. The second-order valence-corrected chi connectivity index (χ2v) is 11.4. The predicted molar refractivity (Wildman–Crippen MR) is 168 cm³/mol. The van der Waals surface area contributed by atoms with Crippen LogP contribution in [0.1, 0.15) is 27.8 Å². The number of imidazole rings is 2. The fourth-order valence-corrected chi connectivity index (χ4v) is 6.50. The first-order valence-electron chi connectivity index (χ1n) is 13.9. The minimum atomic E-state index is 0.940. The molecule has 0 bridgehead atoms. The number of aryl methyl sites for hydroxylation is 5. The minimum Gasteiger partial charge on any atom is -0.309 e. The minimum absolute atomic E-state index is 0.940. The summed E-state index contributed by atoms with van der Waals surface area (Å²) in [5.74, 6) is 0.940. The van der Waals surface area contributed by atoms with Crippen LogP contribution < -0.4 is 0 Å². The number of hydrogen-bond acceptors (Lipinski definition) is 1. The summed E-state index contributed by atoms with van der Waals surface area (Å²) in [6.07, 6.45) is 0. The van der Waals surface area contributed by atoms with Gasteiger partial charge in [0.2, 0.25) is 5.78 Å². The van der Waals surface area contributed by atoms with E-state index in [4.69, 9.17) is 4.98 Å². The summed E-state index contributed by atoms with van der Waals surface area (Å²) in [6.45, 7) is 10.8. The van der Waals surface area contributed by atoms with E-state index in [2.05, 4.69) is 139 Å². The first-order chi connectivity index (χ1) is 19.4. The van der Waals surface area contributed by atoms with Gasteiger partial charge < -0.3 is 4.57 Å². The lowest BCUT2D eigenvalue weighted by atomic mass is 10.1. The van der Waals surface area contributed by atoms with Crippen LogP contribution in [0.5, 0.6) is 0 Å². The number of rotatable bonds is 2. The van der Waals surface area contributed by atoms with Crippen LogP contribution in [0.15, 0.2) is 91.0 Å². The number of fused-ring (bicyclic) bond motifs is 8. The monoisotopic (exact) mass is 518 g/mol. The van der Waals surface area contributed by atoms with Crippen molar-refractivity contribution in [3.8, 4) is 11.4 Å². The van der Waals surface area contributed by atoms with Crippen molar-refractivity contribution in [2.75, 3.05) is 0 Å². The van der Waals surface area contributed by atoms with Gasteiger partial charge in [0.1, 0.15) is 0 Å². The highest BCUT2D eigenvalue weighted by molar-refractivity contribution is 6.10. The molecule has 8 rings (SSSR count). The van der Waals surface area contributed by atoms with Crippen LogP contribution in [-0.2, 0) is 0 Å². The fraction of sp³-hybridized carbons (Fsp3) is 0.139. The van der Waals surface area contributed by atoms with Gasteiger partial charge in [0, 0.05) is 22.1 Å². The SMILES string of the molecule is Cc1ccc(-n2c3ccc(C)cc3c3cc(-n4c5ccc(C)cc5n5c6cc(C)ccc6nc45)ccc32)c(C)c1. The van der Waals surface area contributed by atoms with E-state index in [9.17, 15) is 0 Å². The summed E-state index contributed by atoms with van der Waals surface area (Å²) in [7, 11) is 0. The average molecular weight is 519 g/mol. The lowest BCUT2D eigenvalue weighted by Gasteiger charge is -2.12. The highest BCUT2D eigenvalue weighted by Gasteiger charge is 2.20. The van der Waals surface area contributed by atoms with E-state index in [1.165, 1.54) is 60.8 Å². The summed E-state index contributed by atoms with van der Waals surface area (Å²) in [4.78, 5) is 5.15. The molecule has 0 aliphatic rings. The quantitative estimate of drug-likeness (QED) is 0.224. The Morgan fingerprint density at radius 1 is 0.475 bits per heavy atom. The summed E-state index contributed by atoms with van der Waals surface area (Å²) in [5, 5.41) is 2.51. The van der Waals surface area contributed by atoms with Gasteiger partial charge in [0.05, 0.1) is 33.1 Å². The van der Waals surface area contributed by atoms with Gasteiger partial charge in [-0.25, -0.2) is 4.98 Å². The van der Waals surface area contributed by atoms with Crippen molar-refractivity contribution in [3.63, 3.8) is 0 Å². The standard InChI is InChI=1S/C36H30N4/c1-21-7-12-30(25(5)16-21)39-31-13-8-22(2)17-27(31)28-20-26(10-15-32(28)39)38-33-14-9-24(4)19-35(33)40-34-18-23(3)6-11-29(34)37-36(38)40/h6-20H,1-5H3. The maximum absolute atomic E-state index is 5.15. The molecule has 0 atom stereocenters. The second kappa shape index (κ2) is 8.09. The van der Waals surface area contributed by atoms with Crippen LogP contribution in [0.2, 0.25) is 0 Å². The average Bonchev–Trinajstić information content (AvgIpc) is 3.55. The molecule has 0 N–H and O–H groups in total. The molecule has 4 heteroatoms. The molecule has 40 heavy (non-hydrogen) atoms. The van der Waals surface area contributed by atoms with Crippen molar-refractivity contribution in [3.05, 3.63) is 119 Å². The first-order valence-corrected chi connectivity index (χ1v) is 13.9. The molecule has 5 aromatic carbocycles. The molecule has 3 heterocycles. The Morgan fingerprint density at radius 3 is 1.85 bits per heavy atom. The number of aromatic nitrogens is 4. The van der Waals surface area contributed by atoms with Gasteiger partial charge >= 0.3 is 0 Å². The van der Waals surface area contributed by atoms with Crippen molar-refractivity contribution in [1.82, 2.24) is 18.5 Å². The summed E-state index contributed by atoms with van der Waals surface area (Å²) >= 11 is 0. The largest absolute Gasteiger partial charge is 0.309 e. The van der Waals surface area contributed by atoms with Crippen LogP contribution in [0, 0.1) is 34.6 Å². The second-order valence-electron chi connectivity index (χ2n) is 11.4. The van der Waals surface area contributed by atoms with Crippen LogP contribution >= 0.6 is 0 Å². The maximum Gasteiger partial charge on any atom is 0.220 e. The molecule has 0 unspecified atom stereocenters. The molecule has 0 aliphatic heterocycles. The zero-order valence-electron chi connectivity index (χ0n) is 23.4. The van der Waals surface area contributed by atoms with Crippen LogP contribution in [0.4, 0.5) is 0 Å². The van der Waals surface area contributed by atoms with Gasteiger partial charge in [0.25, 0.3) is 0 Å². The molecule has 0 saturated heterocycles. The van der Waals surface area contributed by atoms with Gasteiger partial charge in [-0.2, -0.15) is 0 Å². The van der Waals surface area contributed by atoms with Gasteiger partial charge in [-0.15, -0.1) is 0 Å². The zero-order chi connectivity index (χ0) is 27.3. The summed E-state index contributed by atoms with van der Waals surface area (Å²) in [6, 6.07) is 33.6. The first kappa shape index (κ1) is 23.1. The molecule has 194 valence electrons. The van der Waals surface area contributed by atoms with Crippen molar-refractivity contribution >= 4 is 49.7 Å². The Kier molecular flexibility index (Phi) is 4.67. The Hall–Kier alpha value is -4.83. The number of benzene rings is 5. The molecule has 8 aromatic rings. The molecule has 0 saturated carbocycles. The van der Waals surface area contributed by atoms with Gasteiger partial charge in [-0.1, -0.05) is 41.5 Å². The topological polar surface area (TPSA) is 27.2 Å². The molecule has 0 fully saturated rings. The Bertz CT molecular complexity index is 2320. The van der Waals surface area contributed by atoms with E-state index in [0.717, 1.165) is 28.0 Å². The number of hydrogen-bond donors (Lipinski definition) is 0. The van der Waals surface area contributed by atoms with Gasteiger partial charge in [-0.05, 0) is 112 Å². The summed E-state index contributed by atoms with van der Waals surface area (Å²) < 4.78 is 7.06. The Labute approximate surface area is 232 Å². The van der Waals surface area contributed by atoms with E-state index >= 15 is 0 Å². The molecule has 0 amide bonds. The Morgan fingerprint density at radius 2 is 1.07 bits per heavy atom. The predicted octanol–water partition coefficient (Wildman–Crippen LogP) is 9.07. The van der Waals surface area contributed by atoms with Crippen molar-refractivity contribution in [1.29, 1.82) is 0 Å². The smallest absolute Gasteiger partial charge is 0.220 e. The molecule has 0 aliphatic carbocycles. The lowest BCUT2D eigenvalue weighted by Crippen LogP contribution is -1.98. The normalized spacial score (nSPS) is 12.1. The van der Waals surface area contributed by atoms with Crippen LogP contribution in [0.3, 0.4) is 0 Å². The highest BCUT2D eigenvalue weighted by Crippen LogP contribution is 2.37. The summed E-state index contributed by atoms with van der Waals surface area (Å²) in [5.41, 5.74) is 15.6. The van der Waals surface area contributed by atoms with E-state index < -0.39 is 0 Å². The molecule has 0 spiro atoms. The number of nitrogens with zero attached hydrogens (tertiary/aromatic N) is 4. The van der Waals surface area contributed by atoms with Crippen molar-refractivity contribution < 1.29 is 0 Å². The lowest BCUT2D eigenvalue weighted by molar-refractivity contribution is 1.11. The van der Waals surface area contributed by atoms with E-state index in [0.29, 0.717) is 0 Å². The molecule has 4 nitrogen and oxygen atoms in total. The third-order valence-electron chi connectivity index (χ3n) is 8.36. The molecule has 0 radical (unpaired) electrons. The van der Waals surface area contributed by atoms with Crippen LogP contribution in [0.25, 0.3) is 61.0 Å². The van der Waals surface area contributed by atoms with Gasteiger partial charge in [0.15, 0.2) is 0 Å². The zero-order valence-corrected chi connectivity index (χ0v) is 23.4. The van der Waals surface area contributed by atoms with E-state index in [1.807, 2.05) is 0 Å².